The highest BCUT2D eigenvalue weighted by atomic mass is 19.4. The van der Waals surface area contributed by atoms with E-state index in [9.17, 15) is 31.1 Å². The lowest BCUT2D eigenvalue weighted by Crippen LogP contribution is -2.46. The fourth-order valence-corrected chi connectivity index (χ4v) is 3.86. The zero-order valence-corrected chi connectivity index (χ0v) is 18.0. The number of ether oxygens (including phenoxy) is 1. The van der Waals surface area contributed by atoms with Gasteiger partial charge in [0, 0.05) is 26.2 Å². The lowest BCUT2D eigenvalue weighted by Gasteiger charge is -2.35. The molecule has 1 aromatic heterocycles. The minimum absolute atomic E-state index is 0.0689. The van der Waals surface area contributed by atoms with Crippen LogP contribution in [0.3, 0.4) is 0 Å². The average molecular weight is 478 g/mol. The van der Waals surface area contributed by atoms with E-state index in [0.29, 0.717) is 29.9 Å². The maximum absolute atomic E-state index is 13.7. The number of carbonyl (C=O) groups excluding carboxylic acids is 1. The van der Waals surface area contributed by atoms with Gasteiger partial charge < -0.3 is 10.1 Å². The summed E-state index contributed by atoms with van der Waals surface area (Å²) in [5, 5.41) is 6.01. The minimum atomic E-state index is -5.02. The lowest BCUT2D eigenvalue weighted by molar-refractivity contribution is -0.143. The van der Waals surface area contributed by atoms with E-state index in [0.717, 1.165) is 31.3 Å². The van der Waals surface area contributed by atoms with Crippen molar-refractivity contribution in [3.05, 3.63) is 47.3 Å². The molecule has 1 aromatic carbocycles. The molecule has 182 valence electrons. The van der Waals surface area contributed by atoms with Crippen LogP contribution in [0, 0.1) is 0 Å². The number of alkyl halides is 6. The van der Waals surface area contributed by atoms with Crippen LogP contribution in [0.2, 0.25) is 0 Å². The number of halogens is 6. The number of carbonyl (C=O) groups is 1. The predicted octanol–water partition coefficient (Wildman–Crippen LogP) is 4.14. The average Bonchev–Trinajstić information content (AvgIpc) is 3.16. The molecular weight excluding hydrogens is 454 g/mol. The summed E-state index contributed by atoms with van der Waals surface area (Å²) in [6.45, 7) is 6.11. The van der Waals surface area contributed by atoms with Gasteiger partial charge in [0.1, 0.15) is 0 Å². The molecule has 2 aromatic rings. The van der Waals surface area contributed by atoms with Gasteiger partial charge in [-0.15, -0.1) is 0 Å². The highest BCUT2D eigenvalue weighted by Gasteiger charge is 2.41. The Hall–Kier alpha value is -2.60. The van der Waals surface area contributed by atoms with Crippen molar-refractivity contribution in [1.29, 1.82) is 0 Å². The minimum Gasteiger partial charge on any atom is -0.373 e. The number of benzene rings is 1. The van der Waals surface area contributed by atoms with Crippen LogP contribution in [0.15, 0.2) is 30.5 Å². The van der Waals surface area contributed by atoms with E-state index < -0.39 is 40.8 Å². The quantitative estimate of drug-likeness (QED) is 0.501. The van der Waals surface area contributed by atoms with Crippen LogP contribution in [0.1, 0.15) is 41.9 Å². The molecule has 0 spiro atoms. The van der Waals surface area contributed by atoms with Crippen molar-refractivity contribution in [1.82, 2.24) is 20.0 Å². The standard InChI is InChI=1S/C21H24F6N4O2/c1-13-11-30(12-14(2)33-13)8-4-7-28-19(32)17-10-29-31(18(17)21(25,26)27)16-6-3-5-15(9-16)20(22,23)24/h3,5-6,9-10,13-14H,4,7-8,11-12H2,1-2H3,(H,28,32). The Labute approximate surface area is 186 Å². The smallest absolute Gasteiger partial charge is 0.373 e. The van der Waals surface area contributed by atoms with Crippen molar-refractivity contribution in [2.24, 2.45) is 0 Å². The molecule has 0 bridgehead atoms. The van der Waals surface area contributed by atoms with Gasteiger partial charge in [0.15, 0.2) is 5.69 Å². The second-order valence-corrected chi connectivity index (χ2v) is 7.99. The molecular formula is C21H24F6N4O2. The van der Waals surface area contributed by atoms with Gasteiger partial charge in [0.25, 0.3) is 5.91 Å². The summed E-state index contributed by atoms with van der Waals surface area (Å²) in [5.74, 6) is -0.996. The molecule has 0 saturated carbocycles. The van der Waals surface area contributed by atoms with Crippen molar-refractivity contribution in [3.63, 3.8) is 0 Å². The third-order valence-electron chi connectivity index (χ3n) is 5.13. The monoisotopic (exact) mass is 478 g/mol. The SMILES string of the molecule is CC1CN(CCCNC(=O)c2cnn(-c3cccc(C(F)(F)F)c3)c2C(F)(F)F)CC(C)O1. The maximum Gasteiger partial charge on any atom is 0.434 e. The normalized spacial score (nSPS) is 20.1. The summed E-state index contributed by atoms with van der Waals surface area (Å²) in [6.07, 6.45) is -8.40. The molecule has 12 heteroatoms. The van der Waals surface area contributed by atoms with E-state index in [2.05, 4.69) is 15.3 Å². The number of morpholine rings is 1. The lowest BCUT2D eigenvalue weighted by atomic mass is 10.1. The Morgan fingerprint density at radius 1 is 1.12 bits per heavy atom. The number of amides is 1. The summed E-state index contributed by atoms with van der Waals surface area (Å²) in [7, 11) is 0. The van der Waals surface area contributed by atoms with E-state index in [1.165, 1.54) is 0 Å². The number of rotatable bonds is 6. The molecule has 2 unspecified atom stereocenters. The van der Waals surface area contributed by atoms with Crippen molar-refractivity contribution in [2.75, 3.05) is 26.2 Å². The molecule has 1 amide bonds. The van der Waals surface area contributed by atoms with Gasteiger partial charge in [0.05, 0.1) is 35.2 Å². The van der Waals surface area contributed by atoms with E-state index >= 15 is 0 Å². The summed E-state index contributed by atoms with van der Waals surface area (Å²) in [4.78, 5) is 14.6. The van der Waals surface area contributed by atoms with Crippen molar-refractivity contribution in [3.8, 4) is 5.69 Å². The highest BCUT2D eigenvalue weighted by Crippen LogP contribution is 2.35. The van der Waals surface area contributed by atoms with Crippen LogP contribution in [0.5, 0.6) is 0 Å². The number of aromatic nitrogens is 2. The fraction of sp³-hybridized carbons (Fsp3) is 0.524. The Morgan fingerprint density at radius 2 is 1.79 bits per heavy atom. The first-order valence-corrected chi connectivity index (χ1v) is 10.3. The predicted molar refractivity (Wildman–Crippen MR) is 107 cm³/mol. The van der Waals surface area contributed by atoms with Crippen molar-refractivity contribution in [2.45, 2.75) is 44.8 Å². The molecule has 2 atom stereocenters. The number of nitrogens with zero attached hydrogens (tertiary/aromatic N) is 3. The Bertz CT molecular complexity index is 962. The van der Waals surface area contributed by atoms with E-state index in [1.807, 2.05) is 13.8 Å². The highest BCUT2D eigenvalue weighted by molar-refractivity contribution is 5.95. The van der Waals surface area contributed by atoms with E-state index in [1.54, 1.807) is 0 Å². The van der Waals surface area contributed by atoms with Crippen LogP contribution >= 0.6 is 0 Å². The molecule has 0 aliphatic carbocycles. The molecule has 0 radical (unpaired) electrons. The van der Waals surface area contributed by atoms with E-state index in [-0.39, 0.29) is 18.8 Å². The van der Waals surface area contributed by atoms with Gasteiger partial charge in [-0.3, -0.25) is 9.69 Å². The molecule has 6 nitrogen and oxygen atoms in total. The van der Waals surface area contributed by atoms with Gasteiger partial charge >= 0.3 is 12.4 Å². The number of nitrogens with one attached hydrogen (secondary N) is 1. The fourth-order valence-electron chi connectivity index (χ4n) is 3.86. The Kier molecular flexibility index (Phi) is 7.37. The van der Waals surface area contributed by atoms with Gasteiger partial charge in [0.2, 0.25) is 0 Å². The molecule has 1 N–H and O–H groups in total. The molecule has 3 rings (SSSR count). The topological polar surface area (TPSA) is 59.4 Å². The van der Waals surface area contributed by atoms with Gasteiger partial charge in [-0.2, -0.15) is 31.4 Å². The number of hydrogen-bond donors (Lipinski definition) is 1. The van der Waals surface area contributed by atoms with E-state index in [4.69, 9.17) is 4.74 Å². The first kappa shape index (κ1) is 25.0. The third-order valence-corrected chi connectivity index (χ3v) is 5.13. The van der Waals surface area contributed by atoms with Crippen LogP contribution in [0.4, 0.5) is 26.3 Å². The van der Waals surface area contributed by atoms with Crippen LogP contribution < -0.4 is 5.32 Å². The van der Waals surface area contributed by atoms with Crippen molar-refractivity contribution < 1.29 is 35.9 Å². The molecule has 1 aliphatic rings. The third kappa shape index (κ3) is 6.26. The molecule has 2 heterocycles. The van der Waals surface area contributed by atoms with Crippen molar-refractivity contribution >= 4 is 5.91 Å². The summed E-state index contributed by atoms with van der Waals surface area (Å²) < 4.78 is 86.1. The Balaban J connectivity index is 1.72. The van der Waals surface area contributed by atoms with Crippen LogP contribution in [-0.2, 0) is 17.1 Å². The second-order valence-electron chi connectivity index (χ2n) is 7.99. The van der Waals surface area contributed by atoms with Gasteiger partial charge in [-0.1, -0.05) is 6.07 Å². The number of hydrogen-bond acceptors (Lipinski definition) is 4. The largest absolute Gasteiger partial charge is 0.434 e. The maximum atomic E-state index is 13.7. The molecule has 1 aliphatic heterocycles. The van der Waals surface area contributed by atoms with Crippen LogP contribution in [-0.4, -0.2) is 59.0 Å². The molecule has 33 heavy (non-hydrogen) atoms. The first-order valence-electron chi connectivity index (χ1n) is 10.3. The summed E-state index contributed by atoms with van der Waals surface area (Å²) >= 11 is 0. The van der Waals surface area contributed by atoms with Gasteiger partial charge in [-0.25, -0.2) is 4.68 Å². The zero-order valence-electron chi connectivity index (χ0n) is 18.0. The summed E-state index contributed by atoms with van der Waals surface area (Å²) in [6, 6.07) is 3.33. The first-order chi connectivity index (χ1) is 15.4. The summed E-state index contributed by atoms with van der Waals surface area (Å²) in [5.41, 5.74) is -3.77. The van der Waals surface area contributed by atoms with Crippen LogP contribution in [0.25, 0.3) is 5.69 Å². The second kappa shape index (κ2) is 9.72. The molecule has 1 saturated heterocycles. The van der Waals surface area contributed by atoms with Gasteiger partial charge in [-0.05, 0) is 38.5 Å². The zero-order chi connectivity index (χ0) is 24.4. The Morgan fingerprint density at radius 3 is 2.39 bits per heavy atom. The molecule has 1 fully saturated rings.